The van der Waals surface area contributed by atoms with Crippen molar-refractivity contribution in [1.29, 1.82) is 0 Å². The number of carbonyl (C=O) groups is 2. The van der Waals surface area contributed by atoms with Gasteiger partial charge in [0.1, 0.15) is 12.4 Å². The number of nitrogens with one attached hydrogen (secondary N) is 2. The third-order valence-electron chi connectivity index (χ3n) is 3.47. The van der Waals surface area contributed by atoms with Gasteiger partial charge >= 0.3 is 11.8 Å². The summed E-state index contributed by atoms with van der Waals surface area (Å²) in [5.74, 6) is -0.663. The first-order chi connectivity index (χ1) is 13.0. The topological polar surface area (TPSA) is 79.8 Å². The van der Waals surface area contributed by atoms with Crippen molar-refractivity contribution in [3.63, 3.8) is 0 Å². The number of ether oxygens (including phenoxy) is 1. The zero-order valence-corrected chi connectivity index (χ0v) is 16.0. The van der Waals surface area contributed by atoms with Crippen LogP contribution in [0.3, 0.4) is 0 Å². The molecule has 0 fully saturated rings. The molecule has 0 atom stereocenters. The fourth-order valence-electron chi connectivity index (χ4n) is 2.05. The highest BCUT2D eigenvalue weighted by molar-refractivity contribution is 6.35. The van der Waals surface area contributed by atoms with Gasteiger partial charge in [-0.05, 0) is 35.7 Å². The Bertz CT molecular complexity index is 804. The highest BCUT2D eigenvalue weighted by Crippen LogP contribution is 2.18. The van der Waals surface area contributed by atoms with Crippen molar-refractivity contribution in [2.45, 2.75) is 20.5 Å². The maximum Gasteiger partial charge on any atom is 0.329 e. The van der Waals surface area contributed by atoms with Gasteiger partial charge in [-0.3, -0.25) is 9.59 Å². The van der Waals surface area contributed by atoms with Crippen molar-refractivity contribution < 1.29 is 14.3 Å². The monoisotopic (exact) mass is 387 g/mol. The largest absolute Gasteiger partial charge is 0.488 e. The minimum atomic E-state index is -0.813. The van der Waals surface area contributed by atoms with E-state index in [2.05, 4.69) is 15.8 Å². The fourth-order valence-corrected chi connectivity index (χ4v) is 2.17. The van der Waals surface area contributed by atoms with Crippen molar-refractivity contribution in [3.8, 4) is 5.75 Å². The number of rotatable bonds is 7. The van der Waals surface area contributed by atoms with Gasteiger partial charge in [-0.1, -0.05) is 49.7 Å². The van der Waals surface area contributed by atoms with Crippen LogP contribution in [0.1, 0.15) is 25.0 Å². The van der Waals surface area contributed by atoms with E-state index in [4.69, 9.17) is 16.3 Å². The molecule has 0 aliphatic rings. The lowest BCUT2D eigenvalue weighted by Crippen LogP contribution is -2.39. The van der Waals surface area contributed by atoms with Crippen LogP contribution >= 0.6 is 11.6 Å². The van der Waals surface area contributed by atoms with Crippen molar-refractivity contribution in [3.05, 3.63) is 64.7 Å². The predicted octanol–water partition coefficient (Wildman–Crippen LogP) is 3.14. The number of para-hydroxylation sites is 1. The van der Waals surface area contributed by atoms with Crippen LogP contribution in [0.15, 0.2) is 53.6 Å². The van der Waals surface area contributed by atoms with Crippen molar-refractivity contribution in [2.75, 3.05) is 6.54 Å². The molecule has 0 spiro atoms. The van der Waals surface area contributed by atoms with Gasteiger partial charge in [0.05, 0.1) is 6.21 Å². The average molecular weight is 388 g/mol. The van der Waals surface area contributed by atoms with Gasteiger partial charge in [-0.15, -0.1) is 0 Å². The number of benzene rings is 2. The number of nitrogens with zero attached hydrogens (tertiary/aromatic N) is 1. The Balaban J connectivity index is 1.92. The summed E-state index contributed by atoms with van der Waals surface area (Å²) in [7, 11) is 0. The van der Waals surface area contributed by atoms with E-state index in [1.807, 2.05) is 38.1 Å². The van der Waals surface area contributed by atoms with Gasteiger partial charge in [-0.2, -0.15) is 5.10 Å². The minimum absolute atomic E-state index is 0.259. The van der Waals surface area contributed by atoms with Gasteiger partial charge < -0.3 is 10.1 Å². The smallest absolute Gasteiger partial charge is 0.329 e. The summed E-state index contributed by atoms with van der Waals surface area (Å²) in [4.78, 5) is 23.3. The Morgan fingerprint density at radius 3 is 2.52 bits per heavy atom. The molecule has 0 saturated carbocycles. The lowest BCUT2D eigenvalue weighted by Gasteiger charge is -2.09. The number of halogens is 1. The number of hydrazone groups is 1. The molecular weight excluding hydrogens is 366 g/mol. The Kier molecular flexibility index (Phi) is 7.82. The Morgan fingerprint density at radius 2 is 1.81 bits per heavy atom. The van der Waals surface area contributed by atoms with E-state index in [9.17, 15) is 9.59 Å². The maximum atomic E-state index is 11.7. The fraction of sp³-hybridized carbons (Fsp3) is 0.250. The van der Waals surface area contributed by atoms with Crippen molar-refractivity contribution in [2.24, 2.45) is 11.0 Å². The summed E-state index contributed by atoms with van der Waals surface area (Å²) in [5, 5.41) is 7.03. The van der Waals surface area contributed by atoms with E-state index in [1.165, 1.54) is 6.21 Å². The molecule has 142 valence electrons. The predicted molar refractivity (Wildman–Crippen MR) is 106 cm³/mol. The van der Waals surface area contributed by atoms with Gasteiger partial charge in [0.2, 0.25) is 0 Å². The quantitative estimate of drug-likeness (QED) is 0.435. The molecule has 0 aliphatic heterocycles. The third-order valence-corrected chi connectivity index (χ3v) is 3.73. The zero-order valence-electron chi connectivity index (χ0n) is 15.2. The van der Waals surface area contributed by atoms with Gasteiger partial charge in [0.15, 0.2) is 0 Å². The molecule has 2 aromatic carbocycles. The van der Waals surface area contributed by atoms with Crippen LogP contribution in [0.4, 0.5) is 0 Å². The first-order valence-electron chi connectivity index (χ1n) is 8.53. The minimum Gasteiger partial charge on any atom is -0.488 e. The van der Waals surface area contributed by atoms with Crippen LogP contribution < -0.4 is 15.5 Å². The van der Waals surface area contributed by atoms with E-state index in [-0.39, 0.29) is 5.92 Å². The summed E-state index contributed by atoms with van der Waals surface area (Å²) in [5.41, 5.74) is 3.86. The molecule has 2 amide bonds. The molecule has 0 unspecified atom stereocenters. The van der Waals surface area contributed by atoms with Crippen LogP contribution in [0.2, 0.25) is 5.02 Å². The van der Waals surface area contributed by atoms with E-state index >= 15 is 0 Å². The van der Waals surface area contributed by atoms with Gasteiger partial charge in [-0.25, -0.2) is 5.43 Å². The first kappa shape index (κ1) is 20.5. The van der Waals surface area contributed by atoms with E-state index in [1.54, 1.807) is 24.3 Å². The lowest BCUT2D eigenvalue weighted by molar-refractivity contribution is -0.139. The van der Waals surface area contributed by atoms with Crippen LogP contribution in [-0.4, -0.2) is 24.6 Å². The number of carbonyl (C=O) groups excluding carboxylic acids is 2. The average Bonchev–Trinajstić information content (AvgIpc) is 2.66. The third kappa shape index (κ3) is 7.11. The summed E-state index contributed by atoms with van der Waals surface area (Å²) in [6.45, 7) is 4.68. The molecule has 0 heterocycles. The summed E-state index contributed by atoms with van der Waals surface area (Å²) >= 11 is 5.87. The van der Waals surface area contributed by atoms with Gasteiger partial charge in [0, 0.05) is 17.1 Å². The molecule has 2 rings (SSSR count). The van der Waals surface area contributed by atoms with E-state index in [0.717, 1.165) is 5.56 Å². The standard InChI is InChI=1S/C20H22ClN3O3/c1-14(2)11-22-19(25)20(26)24-23-12-16-5-3-4-6-18(16)27-13-15-7-9-17(21)10-8-15/h3-10,12,14H,11,13H2,1-2H3,(H,22,25)(H,24,26)/b23-12-. The van der Waals surface area contributed by atoms with Crippen LogP contribution in [0.25, 0.3) is 0 Å². The summed E-state index contributed by atoms with van der Waals surface area (Å²) in [6.07, 6.45) is 1.44. The van der Waals surface area contributed by atoms with Crippen LogP contribution in [-0.2, 0) is 16.2 Å². The van der Waals surface area contributed by atoms with Crippen LogP contribution in [0.5, 0.6) is 5.75 Å². The second-order valence-electron chi connectivity index (χ2n) is 6.26. The Labute approximate surface area is 163 Å². The molecule has 0 aromatic heterocycles. The maximum absolute atomic E-state index is 11.7. The highest BCUT2D eigenvalue weighted by atomic mass is 35.5. The number of hydrogen-bond acceptors (Lipinski definition) is 4. The summed E-state index contributed by atoms with van der Waals surface area (Å²) < 4.78 is 5.81. The Morgan fingerprint density at radius 1 is 1.11 bits per heavy atom. The molecular formula is C20H22ClN3O3. The molecule has 0 radical (unpaired) electrons. The molecule has 0 bridgehead atoms. The lowest BCUT2D eigenvalue weighted by atomic mass is 10.2. The molecule has 27 heavy (non-hydrogen) atoms. The van der Waals surface area contributed by atoms with Crippen molar-refractivity contribution in [1.82, 2.24) is 10.7 Å². The molecule has 2 N–H and O–H groups in total. The molecule has 7 heteroatoms. The normalized spacial score (nSPS) is 10.8. The first-order valence-corrected chi connectivity index (χ1v) is 8.91. The zero-order chi connectivity index (χ0) is 19.6. The second kappa shape index (κ2) is 10.3. The SMILES string of the molecule is CC(C)CNC(=O)C(=O)N/N=C\c1ccccc1OCc1ccc(Cl)cc1. The van der Waals surface area contributed by atoms with Gasteiger partial charge in [0.25, 0.3) is 0 Å². The molecule has 0 saturated heterocycles. The summed E-state index contributed by atoms with van der Waals surface area (Å²) in [6, 6.07) is 14.6. The van der Waals surface area contributed by atoms with Crippen LogP contribution in [0, 0.1) is 5.92 Å². The highest BCUT2D eigenvalue weighted by Gasteiger charge is 2.12. The second-order valence-corrected chi connectivity index (χ2v) is 6.69. The molecule has 6 nitrogen and oxygen atoms in total. The van der Waals surface area contributed by atoms with Crippen molar-refractivity contribution >= 4 is 29.6 Å². The molecule has 0 aliphatic carbocycles. The van der Waals surface area contributed by atoms with E-state index in [0.29, 0.717) is 29.5 Å². The number of hydrogen-bond donors (Lipinski definition) is 2. The molecule has 2 aromatic rings. The number of amides is 2. The Hall–Kier alpha value is -2.86. The van der Waals surface area contributed by atoms with E-state index < -0.39 is 11.8 Å².